The number of nitrogens with one attached hydrogen (secondary N) is 1. The zero-order chi connectivity index (χ0) is 13.1. The summed E-state index contributed by atoms with van der Waals surface area (Å²) in [5, 5.41) is 0. The van der Waals surface area contributed by atoms with Crippen LogP contribution in [0, 0.1) is 0 Å². The van der Waals surface area contributed by atoms with Crippen molar-refractivity contribution in [1.29, 1.82) is 0 Å². The number of halogens is 1. The first-order valence-electron chi connectivity index (χ1n) is 6.02. The lowest BCUT2D eigenvalue weighted by Gasteiger charge is -2.35. The minimum absolute atomic E-state index is 0.0675. The molecule has 0 spiro atoms. The van der Waals surface area contributed by atoms with Crippen molar-refractivity contribution in [1.82, 2.24) is 9.88 Å². The molecule has 1 saturated heterocycles. The first-order valence-corrected chi connectivity index (χ1v) is 6.82. The largest absolute Gasteiger partial charge is 0.334 e. The van der Waals surface area contributed by atoms with Crippen molar-refractivity contribution >= 4 is 21.8 Å². The summed E-state index contributed by atoms with van der Waals surface area (Å²) < 4.78 is 0.370. The molecule has 18 heavy (non-hydrogen) atoms. The van der Waals surface area contributed by atoms with Crippen LogP contribution in [0.4, 0.5) is 0 Å². The smallest absolute Gasteiger partial charge is 0.262 e. The number of pyridine rings is 1. The van der Waals surface area contributed by atoms with Crippen molar-refractivity contribution in [3.63, 3.8) is 0 Å². The third-order valence-electron chi connectivity index (χ3n) is 3.26. The second kappa shape index (κ2) is 5.67. The van der Waals surface area contributed by atoms with E-state index in [1.807, 2.05) is 4.90 Å². The molecule has 0 unspecified atom stereocenters. The number of likely N-dealkylation sites (tertiary alicyclic amines) is 1. The Hall–Kier alpha value is -1.14. The molecule has 2 heterocycles. The van der Waals surface area contributed by atoms with Crippen molar-refractivity contribution in [3.05, 3.63) is 32.7 Å². The molecular weight excluding hydrogens is 298 g/mol. The molecule has 0 bridgehead atoms. The van der Waals surface area contributed by atoms with E-state index in [2.05, 4.69) is 20.9 Å². The normalized spacial score (nSPS) is 19.9. The van der Waals surface area contributed by atoms with Crippen LogP contribution in [0.2, 0.25) is 0 Å². The number of amides is 1. The number of rotatable bonds is 2. The van der Waals surface area contributed by atoms with Crippen molar-refractivity contribution < 1.29 is 4.79 Å². The van der Waals surface area contributed by atoms with Crippen molar-refractivity contribution in [2.45, 2.75) is 25.3 Å². The van der Waals surface area contributed by atoms with Gasteiger partial charge < -0.3 is 15.6 Å². The van der Waals surface area contributed by atoms with E-state index < -0.39 is 0 Å². The number of hydrogen-bond donors (Lipinski definition) is 2. The Morgan fingerprint density at radius 2 is 2.33 bits per heavy atom. The monoisotopic (exact) mass is 313 g/mol. The Morgan fingerprint density at radius 1 is 1.56 bits per heavy atom. The highest BCUT2D eigenvalue weighted by Gasteiger charge is 2.26. The van der Waals surface area contributed by atoms with Crippen LogP contribution >= 0.6 is 15.9 Å². The van der Waals surface area contributed by atoms with Gasteiger partial charge in [-0.1, -0.05) is 0 Å². The van der Waals surface area contributed by atoms with Crippen molar-refractivity contribution in [2.75, 3.05) is 13.1 Å². The second-order valence-electron chi connectivity index (χ2n) is 4.45. The van der Waals surface area contributed by atoms with Crippen LogP contribution in [0.15, 0.2) is 21.5 Å². The molecule has 6 heteroatoms. The highest BCUT2D eigenvalue weighted by Crippen LogP contribution is 2.19. The van der Waals surface area contributed by atoms with E-state index in [0.29, 0.717) is 16.6 Å². The van der Waals surface area contributed by atoms with Crippen LogP contribution in [-0.2, 0) is 0 Å². The molecule has 0 aliphatic carbocycles. The van der Waals surface area contributed by atoms with E-state index in [9.17, 15) is 9.59 Å². The highest BCUT2D eigenvalue weighted by atomic mass is 79.9. The minimum Gasteiger partial charge on any atom is -0.334 e. The summed E-state index contributed by atoms with van der Waals surface area (Å²) in [6.45, 7) is 1.22. The lowest BCUT2D eigenvalue weighted by atomic mass is 10.0. The molecule has 3 N–H and O–H groups in total. The average molecular weight is 314 g/mol. The summed E-state index contributed by atoms with van der Waals surface area (Å²) in [6.07, 6.45) is 4.53. The number of aromatic nitrogens is 1. The molecule has 0 radical (unpaired) electrons. The van der Waals surface area contributed by atoms with E-state index in [0.717, 1.165) is 25.8 Å². The molecule has 5 nitrogen and oxygen atoms in total. The molecule has 1 aromatic heterocycles. The summed E-state index contributed by atoms with van der Waals surface area (Å²) in [5.41, 5.74) is 5.95. The van der Waals surface area contributed by atoms with Gasteiger partial charge in [-0.2, -0.15) is 0 Å². The molecule has 1 aliphatic heterocycles. The van der Waals surface area contributed by atoms with E-state index in [1.165, 1.54) is 6.20 Å². The van der Waals surface area contributed by atoms with Crippen LogP contribution in [0.1, 0.15) is 29.6 Å². The molecule has 98 valence electrons. The number of aromatic amines is 1. The number of piperidine rings is 1. The first kappa shape index (κ1) is 13.3. The predicted octanol–water partition coefficient (Wildman–Crippen LogP) is 1.09. The molecular formula is C12H16BrN3O2. The Kier molecular flexibility index (Phi) is 4.19. The van der Waals surface area contributed by atoms with E-state index in [1.54, 1.807) is 6.07 Å². The van der Waals surface area contributed by atoms with Gasteiger partial charge in [-0.05, 0) is 41.3 Å². The second-order valence-corrected chi connectivity index (χ2v) is 5.30. The third kappa shape index (κ3) is 2.64. The Morgan fingerprint density at radius 3 is 3.00 bits per heavy atom. The van der Waals surface area contributed by atoms with Crippen LogP contribution < -0.4 is 11.3 Å². The molecule has 1 aromatic rings. The third-order valence-corrected chi connectivity index (χ3v) is 3.85. The number of carbonyl (C=O) groups excluding carboxylic acids is 1. The fourth-order valence-electron chi connectivity index (χ4n) is 2.26. The number of hydrogen-bond acceptors (Lipinski definition) is 3. The minimum atomic E-state index is -0.236. The van der Waals surface area contributed by atoms with Gasteiger partial charge in [0.1, 0.15) is 0 Å². The van der Waals surface area contributed by atoms with Gasteiger partial charge in [-0.15, -0.1) is 0 Å². The maximum Gasteiger partial charge on any atom is 0.262 e. The van der Waals surface area contributed by atoms with Crippen LogP contribution in [0.3, 0.4) is 0 Å². The first-order chi connectivity index (χ1) is 8.63. The predicted molar refractivity (Wildman–Crippen MR) is 72.5 cm³/mol. The Bertz CT molecular complexity index is 500. The molecule has 1 amide bonds. The molecule has 1 aliphatic rings. The summed E-state index contributed by atoms with van der Waals surface area (Å²) in [5.74, 6) is -0.0675. The lowest BCUT2D eigenvalue weighted by Crippen LogP contribution is -2.47. The number of nitrogens with two attached hydrogens (primary N) is 1. The van der Waals surface area contributed by atoms with Gasteiger partial charge in [0.05, 0.1) is 10.0 Å². The zero-order valence-corrected chi connectivity index (χ0v) is 11.6. The fourth-order valence-corrected chi connectivity index (χ4v) is 2.62. The summed E-state index contributed by atoms with van der Waals surface area (Å²) in [6, 6.07) is 1.67. The topological polar surface area (TPSA) is 79.2 Å². The fraction of sp³-hybridized carbons (Fsp3) is 0.500. The van der Waals surface area contributed by atoms with Gasteiger partial charge in [0.15, 0.2) is 0 Å². The average Bonchev–Trinajstić information content (AvgIpc) is 2.41. The molecule has 1 fully saturated rings. The van der Waals surface area contributed by atoms with E-state index in [-0.39, 0.29) is 17.5 Å². The molecule has 0 aromatic carbocycles. The number of carbonyl (C=O) groups is 1. The maximum atomic E-state index is 12.4. The van der Waals surface area contributed by atoms with Gasteiger partial charge in [-0.25, -0.2) is 0 Å². The molecule has 0 saturated carbocycles. The van der Waals surface area contributed by atoms with Crippen LogP contribution in [0.25, 0.3) is 0 Å². The van der Waals surface area contributed by atoms with E-state index in [4.69, 9.17) is 5.73 Å². The summed E-state index contributed by atoms with van der Waals surface area (Å²) >= 11 is 3.13. The molecule has 2 rings (SSSR count). The summed E-state index contributed by atoms with van der Waals surface area (Å²) in [7, 11) is 0. The van der Waals surface area contributed by atoms with Crippen molar-refractivity contribution in [3.8, 4) is 0 Å². The quantitative estimate of drug-likeness (QED) is 0.858. The van der Waals surface area contributed by atoms with Gasteiger partial charge in [0.25, 0.3) is 11.5 Å². The molecule has 1 atom stereocenters. The van der Waals surface area contributed by atoms with Gasteiger partial charge in [0.2, 0.25) is 0 Å². The van der Waals surface area contributed by atoms with E-state index >= 15 is 0 Å². The zero-order valence-electron chi connectivity index (χ0n) is 9.99. The van der Waals surface area contributed by atoms with Crippen LogP contribution in [0.5, 0.6) is 0 Å². The maximum absolute atomic E-state index is 12.4. The highest BCUT2D eigenvalue weighted by molar-refractivity contribution is 9.10. The SMILES string of the molecule is NC[C@H]1CCCCN1C(=O)c1c[nH]c(=O)c(Br)c1. The van der Waals surface area contributed by atoms with Crippen molar-refractivity contribution in [2.24, 2.45) is 5.73 Å². The Labute approximate surface area is 113 Å². The Balaban J connectivity index is 2.23. The van der Waals surface area contributed by atoms with Crippen LogP contribution in [-0.4, -0.2) is 34.9 Å². The van der Waals surface area contributed by atoms with Gasteiger partial charge in [-0.3, -0.25) is 9.59 Å². The van der Waals surface area contributed by atoms with Gasteiger partial charge in [0, 0.05) is 25.3 Å². The number of nitrogens with zero attached hydrogens (tertiary/aromatic N) is 1. The summed E-state index contributed by atoms with van der Waals surface area (Å²) in [4.78, 5) is 28.0. The number of H-pyrrole nitrogens is 1. The van der Waals surface area contributed by atoms with Gasteiger partial charge >= 0.3 is 0 Å². The standard InChI is InChI=1S/C12H16BrN3O2/c13-10-5-8(7-15-11(10)17)12(18)16-4-2-1-3-9(16)6-14/h5,7,9H,1-4,6,14H2,(H,15,17)/t9-/m1/s1. The lowest BCUT2D eigenvalue weighted by molar-refractivity contribution is 0.0623.